The van der Waals surface area contributed by atoms with Crippen LogP contribution in [0.3, 0.4) is 0 Å². The predicted octanol–water partition coefficient (Wildman–Crippen LogP) is 2.99. The fourth-order valence-corrected chi connectivity index (χ4v) is 1.61. The summed E-state index contributed by atoms with van der Waals surface area (Å²) in [4.78, 5) is 6.62. The molecule has 1 heterocycles. The second-order valence-electron chi connectivity index (χ2n) is 4.03. The second-order valence-corrected chi connectivity index (χ2v) is 4.94. The first-order valence-electron chi connectivity index (χ1n) is 5.69. The lowest BCUT2D eigenvalue weighted by atomic mass is 10.2. The van der Waals surface area contributed by atoms with Gasteiger partial charge in [-0.3, -0.25) is 0 Å². The summed E-state index contributed by atoms with van der Waals surface area (Å²) in [6, 6.07) is 4.61. The largest absolute Gasteiger partial charge is 0.369 e. The second kappa shape index (κ2) is 6.86. The molecular formula is C12H20BrN3. The summed E-state index contributed by atoms with van der Waals surface area (Å²) in [7, 11) is 2.16. The van der Waals surface area contributed by atoms with Crippen LogP contribution in [-0.4, -0.2) is 36.1 Å². The number of rotatable bonds is 6. The molecule has 1 unspecified atom stereocenters. The molecule has 4 heteroatoms. The molecule has 0 fully saturated rings. The normalized spacial score (nSPS) is 12.8. The maximum absolute atomic E-state index is 4.26. The third-order valence-electron chi connectivity index (χ3n) is 2.84. The Morgan fingerprint density at radius 1 is 1.50 bits per heavy atom. The summed E-state index contributed by atoms with van der Waals surface area (Å²) < 4.78 is 1.01. The van der Waals surface area contributed by atoms with Crippen LogP contribution in [0.4, 0.5) is 5.82 Å². The lowest BCUT2D eigenvalue weighted by Crippen LogP contribution is -2.32. The minimum absolute atomic E-state index is 0.639. The number of anilines is 1. The molecule has 1 aromatic heterocycles. The van der Waals surface area contributed by atoms with Crippen molar-refractivity contribution in [3.05, 3.63) is 22.8 Å². The highest BCUT2D eigenvalue weighted by molar-refractivity contribution is 9.10. The Bertz CT molecular complexity index is 300. The van der Waals surface area contributed by atoms with Crippen LogP contribution in [-0.2, 0) is 0 Å². The van der Waals surface area contributed by atoms with Gasteiger partial charge in [-0.2, -0.15) is 0 Å². The number of hydrogen-bond acceptors (Lipinski definition) is 3. The molecule has 16 heavy (non-hydrogen) atoms. The third-order valence-corrected chi connectivity index (χ3v) is 3.31. The van der Waals surface area contributed by atoms with Crippen LogP contribution in [0.1, 0.15) is 20.3 Å². The van der Waals surface area contributed by atoms with Gasteiger partial charge >= 0.3 is 0 Å². The van der Waals surface area contributed by atoms with Crippen molar-refractivity contribution in [2.45, 2.75) is 26.3 Å². The molecule has 0 radical (unpaired) electrons. The van der Waals surface area contributed by atoms with E-state index in [1.54, 1.807) is 6.20 Å². The van der Waals surface area contributed by atoms with Gasteiger partial charge in [-0.25, -0.2) is 4.98 Å². The molecule has 0 saturated carbocycles. The summed E-state index contributed by atoms with van der Waals surface area (Å²) in [5, 5.41) is 3.31. The van der Waals surface area contributed by atoms with Gasteiger partial charge in [0, 0.05) is 29.8 Å². The Morgan fingerprint density at radius 3 is 2.81 bits per heavy atom. The van der Waals surface area contributed by atoms with Crippen molar-refractivity contribution in [1.29, 1.82) is 0 Å². The van der Waals surface area contributed by atoms with Crippen molar-refractivity contribution in [2.24, 2.45) is 0 Å². The van der Waals surface area contributed by atoms with E-state index in [2.05, 4.69) is 52.0 Å². The van der Waals surface area contributed by atoms with Gasteiger partial charge in [-0.05, 0) is 48.5 Å². The highest BCUT2D eigenvalue weighted by Gasteiger charge is 2.05. The van der Waals surface area contributed by atoms with E-state index in [4.69, 9.17) is 0 Å². The van der Waals surface area contributed by atoms with E-state index in [-0.39, 0.29) is 0 Å². The van der Waals surface area contributed by atoms with Crippen LogP contribution >= 0.6 is 15.9 Å². The average Bonchev–Trinajstić information content (AvgIpc) is 2.30. The molecule has 1 aromatic rings. The quantitative estimate of drug-likeness (QED) is 0.871. The minimum Gasteiger partial charge on any atom is -0.369 e. The molecule has 0 bridgehead atoms. The van der Waals surface area contributed by atoms with Crippen molar-refractivity contribution in [2.75, 3.05) is 25.5 Å². The highest BCUT2D eigenvalue weighted by Crippen LogP contribution is 2.10. The Labute approximate surface area is 106 Å². The first kappa shape index (κ1) is 13.5. The summed E-state index contributed by atoms with van der Waals surface area (Å²) in [6.45, 7) is 6.42. The van der Waals surface area contributed by atoms with Gasteiger partial charge in [0.25, 0.3) is 0 Å². The van der Waals surface area contributed by atoms with E-state index in [9.17, 15) is 0 Å². The molecule has 0 aliphatic heterocycles. The van der Waals surface area contributed by atoms with Crippen molar-refractivity contribution < 1.29 is 0 Å². The van der Waals surface area contributed by atoms with E-state index in [0.29, 0.717) is 6.04 Å². The van der Waals surface area contributed by atoms with E-state index in [0.717, 1.165) is 23.4 Å². The molecule has 0 aliphatic carbocycles. The monoisotopic (exact) mass is 285 g/mol. The van der Waals surface area contributed by atoms with Crippen molar-refractivity contribution >= 4 is 21.7 Å². The summed E-state index contributed by atoms with van der Waals surface area (Å²) in [6.07, 6.45) is 2.99. The van der Waals surface area contributed by atoms with Gasteiger partial charge < -0.3 is 10.2 Å². The van der Waals surface area contributed by atoms with Crippen molar-refractivity contribution in [1.82, 2.24) is 9.88 Å². The summed E-state index contributed by atoms with van der Waals surface area (Å²) >= 11 is 3.37. The molecule has 0 amide bonds. The smallest absolute Gasteiger partial charge is 0.126 e. The third kappa shape index (κ3) is 4.49. The Kier molecular flexibility index (Phi) is 5.77. The zero-order valence-electron chi connectivity index (χ0n) is 10.2. The van der Waals surface area contributed by atoms with Crippen LogP contribution in [0.2, 0.25) is 0 Å². The van der Waals surface area contributed by atoms with E-state index in [1.165, 1.54) is 6.42 Å². The zero-order chi connectivity index (χ0) is 12.0. The van der Waals surface area contributed by atoms with Crippen LogP contribution in [0.25, 0.3) is 0 Å². The SMILES string of the molecule is CCC(C)N(C)CCNc1ccc(Br)cn1. The standard InChI is InChI=1S/C12H20BrN3/c1-4-10(2)16(3)8-7-14-12-6-5-11(13)9-15-12/h5-6,9-10H,4,7-8H2,1-3H3,(H,14,15). The lowest BCUT2D eigenvalue weighted by Gasteiger charge is -2.23. The number of pyridine rings is 1. The highest BCUT2D eigenvalue weighted by atomic mass is 79.9. The maximum atomic E-state index is 4.26. The molecule has 3 nitrogen and oxygen atoms in total. The van der Waals surface area contributed by atoms with Gasteiger partial charge in [0.2, 0.25) is 0 Å². The first-order valence-corrected chi connectivity index (χ1v) is 6.48. The maximum Gasteiger partial charge on any atom is 0.126 e. The molecule has 1 N–H and O–H groups in total. The van der Waals surface area contributed by atoms with Gasteiger partial charge in [0.15, 0.2) is 0 Å². The summed E-state index contributed by atoms with van der Waals surface area (Å²) in [5.74, 6) is 0.931. The number of hydrogen-bond donors (Lipinski definition) is 1. The van der Waals surface area contributed by atoms with Crippen LogP contribution in [0, 0.1) is 0 Å². The number of nitrogens with one attached hydrogen (secondary N) is 1. The predicted molar refractivity (Wildman–Crippen MR) is 72.8 cm³/mol. The molecular weight excluding hydrogens is 266 g/mol. The van der Waals surface area contributed by atoms with Crippen LogP contribution in [0.15, 0.2) is 22.8 Å². The average molecular weight is 286 g/mol. The van der Waals surface area contributed by atoms with Crippen LogP contribution < -0.4 is 5.32 Å². The number of nitrogens with zero attached hydrogens (tertiary/aromatic N) is 2. The first-order chi connectivity index (χ1) is 7.63. The molecule has 0 saturated heterocycles. The fraction of sp³-hybridized carbons (Fsp3) is 0.583. The number of halogens is 1. The molecule has 0 aliphatic rings. The van der Waals surface area contributed by atoms with E-state index in [1.807, 2.05) is 12.1 Å². The number of aromatic nitrogens is 1. The van der Waals surface area contributed by atoms with Gasteiger partial charge in [-0.1, -0.05) is 6.92 Å². The molecule has 1 atom stereocenters. The molecule has 0 aromatic carbocycles. The van der Waals surface area contributed by atoms with E-state index >= 15 is 0 Å². The van der Waals surface area contributed by atoms with Gasteiger partial charge in [0.05, 0.1) is 0 Å². The molecule has 90 valence electrons. The van der Waals surface area contributed by atoms with Crippen molar-refractivity contribution in [3.8, 4) is 0 Å². The molecule has 1 rings (SSSR count). The minimum atomic E-state index is 0.639. The Hall–Kier alpha value is -0.610. The zero-order valence-corrected chi connectivity index (χ0v) is 11.8. The van der Waals surface area contributed by atoms with E-state index < -0.39 is 0 Å². The molecule has 0 spiro atoms. The summed E-state index contributed by atoms with van der Waals surface area (Å²) in [5.41, 5.74) is 0. The fourth-order valence-electron chi connectivity index (χ4n) is 1.37. The van der Waals surface area contributed by atoms with Gasteiger partial charge in [0.1, 0.15) is 5.82 Å². The lowest BCUT2D eigenvalue weighted by molar-refractivity contribution is 0.261. The Balaban J connectivity index is 2.27. The number of likely N-dealkylation sites (N-methyl/N-ethyl adjacent to an activating group) is 1. The van der Waals surface area contributed by atoms with Gasteiger partial charge in [-0.15, -0.1) is 0 Å². The topological polar surface area (TPSA) is 28.2 Å². The Morgan fingerprint density at radius 2 is 2.25 bits per heavy atom. The van der Waals surface area contributed by atoms with Crippen LogP contribution in [0.5, 0.6) is 0 Å². The van der Waals surface area contributed by atoms with Crippen molar-refractivity contribution in [3.63, 3.8) is 0 Å².